The third-order valence-corrected chi connectivity index (χ3v) is 6.03. The smallest absolute Gasteiger partial charge is 0.324 e. The van der Waals surface area contributed by atoms with Gasteiger partial charge < -0.3 is 9.47 Å². The van der Waals surface area contributed by atoms with Gasteiger partial charge in [0, 0.05) is 0 Å². The van der Waals surface area contributed by atoms with Gasteiger partial charge in [0.25, 0.3) is 0 Å². The molecule has 1 N–H and O–H groups in total. The number of sulfonamides is 1. The van der Waals surface area contributed by atoms with Crippen molar-refractivity contribution in [1.82, 2.24) is 4.72 Å². The molecule has 0 unspecified atom stereocenters. The molecule has 0 aliphatic heterocycles. The third kappa shape index (κ3) is 5.77. The van der Waals surface area contributed by atoms with E-state index in [1.54, 1.807) is 32.0 Å². The Balaban J connectivity index is 2.12. The second-order valence-corrected chi connectivity index (χ2v) is 8.88. The van der Waals surface area contributed by atoms with Crippen molar-refractivity contribution >= 4 is 16.0 Å². The van der Waals surface area contributed by atoms with Crippen molar-refractivity contribution in [1.29, 1.82) is 0 Å². The summed E-state index contributed by atoms with van der Waals surface area (Å²) in [4.78, 5) is 12.6. The molecule has 0 aliphatic carbocycles. The fourth-order valence-corrected chi connectivity index (χ4v) is 4.03. The molecule has 158 valence electrons. The lowest BCUT2D eigenvalue weighted by Gasteiger charge is -2.21. The molecule has 0 heterocycles. The summed E-state index contributed by atoms with van der Waals surface area (Å²) in [6.07, 6.45) is 0. The highest BCUT2D eigenvalue weighted by Gasteiger charge is 2.30. The van der Waals surface area contributed by atoms with Gasteiger partial charge in [-0.05, 0) is 60.7 Å². The van der Waals surface area contributed by atoms with Gasteiger partial charge in [-0.1, -0.05) is 26.0 Å². The van der Waals surface area contributed by atoms with E-state index in [0.717, 1.165) is 11.1 Å². The van der Waals surface area contributed by atoms with Crippen LogP contribution in [0.1, 0.15) is 30.5 Å². The lowest BCUT2D eigenvalue weighted by atomic mass is 10.1. The Morgan fingerprint density at radius 1 is 1.10 bits per heavy atom. The lowest BCUT2D eigenvalue weighted by Crippen LogP contribution is -2.45. The highest BCUT2D eigenvalue weighted by molar-refractivity contribution is 7.89. The van der Waals surface area contributed by atoms with Crippen LogP contribution in [0.15, 0.2) is 41.3 Å². The molecule has 0 spiro atoms. The van der Waals surface area contributed by atoms with Crippen molar-refractivity contribution in [3.63, 3.8) is 0 Å². The molecule has 0 radical (unpaired) electrons. The molecule has 0 fully saturated rings. The zero-order valence-corrected chi connectivity index (χ0v) is 18.0. The van der Waals surface area contributed by atoms with Crippen molar-refractivity contribution in [3.05, 3.63) is 58.9 Å². The van der Waals surface area contributed by atoms with E-state index in [1.165, 1.54) is 25.3 Å². The normalized spacial score (nSPS) is 12.7. The zero-order chi connectivity index (χ0) is 21.8. The van der Waals surface area contributed by atoms with Gasteiger partial charge in [0.2, 0.25) is 10.0 Å². The summed E-state index contributed by atoms with van der Waals surface area (Å²) in [6.45, 7) is 6.93. The minimum Gasteiger partial charge on any atom is -0.494 e. The molecule has 29 heavy (non-hydrogen) atoms. The number of methoxy groups -OCH3 is 1. The van der Waals surface area contributed by atoms with Crippen LogP contribution >= 0.6 is 0 Å². The van der Waals surface area contributed by atoms with Crippen LogP contribution in [0.4, 0.5) is 4.39 Å². The SMILES string of the molecule is COc1ccc(COC(=O)[C@@H](NS(=O)(=O)c2ccc(C)c(C)c2)C(C)C)cc1F. The van der Waals surface area contributed by atoms with E-state index in [9.17, 15) is 17.6 Å². The predicted octanol–water partition coefficient (Wildman–Crippen LogP) is 3.50. The zero-order valence-electron chi connectivity index (χ0n) is 17.2. The number of hydrogen-bond donors (Lipinski definition) is 1. The van der Waals surface area contributed by atoms with Crippen molar-refractivity contribution in [2.75, 3.05) is 7.11 Å². The minimum atomic E-state index is -3.91. The number of aryl methyl sites for hydroxylation is 2. The van der Waals surface area contributed by atoms with E-state index in [-0.39, 0.29) is 23.2 Å². The third-order valence-electron chi connectivity index (χ3n) is 4.59. The van der Waals surface area contributed by atoms with Gasteiger partial charge in [0.05, 0.1) is 12.0 Å². The van der Waals surface area contributed by atoms with Crippen molar-refractivity contribution in [3.8, 4) is 5.75 Å². The summed E-state index contributed by atoms with van der Waals surface area (Å²) in [6, 6.07) is 7.89. The molecule has 0 aliphatic rings. The molecular formula is C21H26FNO5S. The van der Waals surface area contributed by atoms with E-state index >= 15 is 0 Å². The first-order valence-electron chi connectivity index (χ1n) is 9.13. The van der Waals surface area contributed by atoms with Gasteiger partial charge in [0.15, 0.2) is 11.6 Å². The Kier molecular flexibility index (Phi) is 7.37. The Labute approximate surface area is 171 Å². The summed E-state index contributed by atoms with van der Waals surface area (Å²) in [5.41, 5.74) is 2.23. The number of ether oxygens (including phenoxy) is 2. The van der Waals surface area contributed by atoms with Gasteiger partial charge >= 0.3 is 5.97 Å². The van der Waals surface area contributed by atoms with Crippen molar-refractivity contribution in [2.45, 2.75) is 45.2 Å². The van der Waals surface area contributed by atoms with Crippen LogP contribution in [0, 0.1) is 25.6 Å². The van der Waals surface area contributed by atoms with Gasteiger partial charge in [-0.25, -0.2) is 12.8 Å². The summed E-state index contributed by atoms with van der Waals surface area (Å²) >= 11 is 0. The van der Waals surface area contributed by atoms with Crippen LogP contribution < -0.4 is 9.46 Å². The fourth-order valence-electron chi connectivity index (χ4n) is 2.62. The maximum atomic E-state index is 13.8. The molecule has 2 aromatic carbocycles. The summed E-state index contributed by atoms with van der Waals surface area (Å²) in [5.74, 6) is -1.57. The Bertz CT molecular complexity index is 989. The maximum absolute atomic E-state index is 13.8. The van der Waals surface area contributed by atoms with Crippen molar-refractivity contribution in [2.24, 2.45) is 5.92 Å². The van der Waals surface area contributed by atoms with E-state index in [2.05, 4.69) is 4.72 Å². The molecule has 8 heteroatoms. The molecule has 6 nitrogen and oxygen atoms in total. The second kappa shape index (κ2) is 9.37. The summed E-state index contributed by atoms with van der Waals surface area (Å²) in [7, 11) is -2.56. The van der Waals surface area contributed by atoms with Crippen LogP contribution in [0.3, 0.4) is 0 Å². The predicted molar refractivity (Wildman–Crippen MR) is 108 cm³/mol. The monoisotopic (exact) mass is 423 g/mol. The second-order valence-electron chi connectivity index (χ2n) is 7.17. The molecule has 0 saturated carbocycles. The van der Waals surface area contributed by atoms with Gasteiger partial charge in [-0.2, -0.15) is 4.72 Å². The molecule has 2 aromatic rings. The topological polar surface area (TPSA) is 81.7 Å². The van der Waals surface area contributed by atoms with Crippen molar-refractivity contribution < 1.29 is 27.1 Å². The fraction of sp³-hybridized carbons (Fsp3) is 0.381. The molecule has 0 saturated heterocycles. The van der Waals surface area contributed by atoms with Crippen LogP contribution in [0.25, 0.3) is 0 Å². The Morgan fingerprint density at radius 2 is 1.79 bits per heavy atom. The van der Waals surface area contributed by atoms with E-state index in [0.29, 0.717) is 5.56 Å². The molecule has 0 bridgehead atoms. The number of hydrogen-bond acceptors (Lipinski definition) is 5. The molecular weight excluding hydrogens is 397 g/mol. The standard InChI is InChI=1S/C21H26FNO5S/c1-13(2)20(23-29(25,26)17-8-6-14(3)15(4)10-17)21(24)28-12-16-7-9-19(27-5)18(22)11-16/h6-11,13,20,23H,12H2,1-5H3/t20-/m0/s1. The Morgan fingerprint density at radius 3 is 2.34 bits per heavy atom. The lowest BCUT2D eigenvalue weighted by molar-refractivity contribution is -0.148. The van der Waals surface area contributed by atoms with E-state index < -0.39 is 27.9 Å². The Hall–Kier alpha value is -2.45. The van der Waals surface area contributed by atoms with Gasteiger partial charge in [0.1, 0.15) is 12.6 Å². The average Bonchev–Trinajstić information content (AvgIpc) is 2.66. The number of benzene rings is 2. The molecule has 0 aromatic heterocycles. The van der Waals surface area contributed by atoms with Crippen LogP contribution in [-0.4, -0.2) is 27.5 Å². The largest absolute Gasteiger partial charge is 0.494 e. The van der Waals surface area contributed by atoms with Gasteiger partial charge in [-0.15, -0.1) is 0 Å². The summed E-state index contributed by atoms with van der Waals surface area (Å²) < 4.78 is 51.7. The van der Waals surface area contributed by atoms with Crippen LogP contribution in [-0.2, 0) is 26.2 Å². The highest BCUT2D eigenvalue weighted by atomic mass is 32.2. The number of nitrogens with one attached hydrogen (secondary N) is 1. The van der Waals surface area contributed by atoms with E-state index in [4.69, 9.17) is 9.47 Å². The number of rotatable bonds is 8. The highest BCUT2D eigenvalue weighted by Crippen LogP contribution is 2.19. The first kappa shape index (κ1) is 22.8. The quantitative estimate of drug-likeness (QED) is 0.657. The number of carbonyl (C=O) groups excluding carboxylic acids is 1. The first-order valence-corrected chi connectivity index (χ1v) is 10.6. The maximum Gasteiger partial charge on any atom is 0.324 e. The number of halogens is 1. The molecule has 2 rings (SSSR count). The first-order chi connectivity index (χ1) is 13.5. The van der Waals surface area contributed by atoms with Gasteiger partial charge in [-0.3, -0.25) is 4.79 Å². The molecule has 1 atom stereocenters. The molecule has 0 amide bonds. The summed E-state index contributed by atoms with van der Waals surface area (Å²) in [5, 5.41) is 0. The minimum absolute atomic E-state index is 0.0799. The van der Waals surface area contributed by atoms with E-state index in [1.807, 2.05) is 13.8 Å². The average molecular weight is 424 g/mol. The van der Waals surface area contributed by atoms with Crippen LogP contribution in [0.2, 0.25) is 0 Å². The van der Waals surface area contributed by atoms with Crippen LogP contribution in [0.5, 0.6) is 5.75 Å². The number of carbonyl (C=O) groups is 1. The number of esters is 1.